The largest absolute Gasteiger partial charge is 0.326 e. The van der Waals surface area contributed by atoms with Crippen LogP contribution in [0.5, 0.6) is 0 Å². The van der Waals surface area contributed by atoms with Crippen LogP contribution >= 0.6 is 23.4 Å². The van der Waals surface area contributed by atoms with Crippen molar-refractivity contribution in [2.24, 2.45) is 0 Å². The van der Waals surface area contributed by atoms with Gasteiger partial charge >= 0.3 is 6.03 Å². The van der Waals surface area contributed by atoms with Crippen molar-refractivity contribution >= 4 is 40.8 Å². The van der Waals surface area contributed by atoms with Crippen molar-refractivity contribution < 1.29 is 9.18 Å². The summed E-state index contributed by atoms with van der Waals surface area (Å²) < 4.78 is 13.2. The van der Waals surface area contributed by atoms with Gasteiger partial charge < -0.3 is 5.32 Å². The van der Waals surface area contributed by atoms with E-state index in [1.165, 1.54) is 18.2 Å². The van der Waals surface area contributed by atoms with Crippen LogP contribution in [-0.4, -0.2) is 17.8 Å². The van der Waals surface area contributed by atoms with Gasteiger partial charge in [-0.05, 0) is 30.3 Å². The van der Waals surface area contributed by atoms with Crippen molar-refractivity contribution in [1.82, 2.24) is 0 Å². The topological polar surface area (TPSA) is 32.3 Å². The molecule has 22 heavy (non-hydrogen) atoms. The van der Waals surface area contributed by atoms with Gasteiger partial charge in [-0.25, -0.2) is 9.18 Å². The van der Waals surface area contributed by atoms with Gasteiger partial charge in [-0.3, -0.25) is 4.90 Å². The Morgan fingerprint density at radius 1 is 1.36 bits per heavy atom. The number of benzene rings is 2. The van der Waals surface area contributed by atoms with Crippen LogP contribution < -0.4 is 10.2 Å². The molecule has 0 aliphatic carbocycles. The maximum absolute atomic E-state index is 13.2. The minimum absolute atomic E-state index is 0.0132. The molecule has 1 aliphatic rings. The molecule has 1 aliphatic heterocycles. The van der Waals surface area contributed by atoms with E-state index in [1.54, 1.807) is 16.7 Å². The van der Waals surface area contributed by atoms with Crippen LogP contribution in [0, 0.1) is 5.82 Å². The van der Waals surface area contributed by atoms with Crippen molar-refractivity contribution in [2.75, 3.05) is 16.8 Å². The lowest BCUT2D eigenvalue weighted by molar-refractivity contribution is 0.256. The molecule has 114 valence electrons. The standard InChI is InChI=1S/C16H14ClFN2OS/c1-10-9-20(14-4-2-3-5-15(14)22-10)16(21)19-11-6-7-13(18)12(17)8-11/h2-8,10H,9H2,1H3,(H,19,21). The monoisotopic (exact) mass is 336 g/mol. The number of amides is 2. The number of nitrogens with one attached hydrogen (secondary N) is 1. The van der Waals surface area contributed by atoms with Crippen molar-refractivity contribution in [2.45, 2.75) is 17.1 Å². The average molecular weight is 337 g/mol. The normalized spacial score (nSPS) is 17.0. The summed E-state index contributed by atoms with van der Waals surface area (Å²) in [5, 5.41) is 3.06. The zero-order valence-corrected chi connectivity index (χ0v) is 13.4. The van der Waals surface area contributed by atoms with Crippen molar-refractivity contribution in [3.63, 3.8) is 0 Å². The lowest BCUT2D eigenvalue weighted by Crippen LogP contribution is -2.41. The van der Waals surface area contributed by atoms with E-state index in [4.69, 9.17) is 11.6 Å². The molecule has 0 saturated heterocycles. The molecular weight excluding hydrogens is 323 g/mol. The third-order valence-corrected chi connectivity index (χ3v) is 4.78. The van der Waals surface area contributed by atoms with E-state index in [0.29, 0.717) is 17.5 Å². The number of hydrogen-bond acceptors (Lipinski definition) is 2. The Bertz CT molecular complexity index is 725. The molecule has 3 rings (SSSR count). The summed E-state index contributed by atoms with van der Waals surface area (Å²) in [7, 11) is 0. The van der Waals surface area contributed by atoms with Gasteiger partial charge in [0.25, 0.3) is 0 Å². The first-order chi connectivity index (χ1) is 10.5. The second-order valence-corrected chi connectivity index (χ2v) is 6.95. The smallest absolute Gasteiger partial charge is 0.307 e. The van der Waals surface area contributed by atoms with Crippen LogP contribution in [0.4, 0.5) is 20.6 Å². The second-order valence-electron chi connectivity index (χ2n) is 5.07. The third kappa shape index (κ3) is 3.05. The van der Waals surface area contributed by atoms with Gasteiger partial charge in [0.15, 0.2) is 0 Å². The fourth-order valence-electron chi connectivity index (χ4n) is 2.35. The first kappa shape index (κ1) is 15.2. The van der Waals surface area contributed by atoms with Crippen molar-refractivity contribution in [3.8, 4) is 0 Å². The van der Waals surface area contributed by atoms with Gasteiger partial charge in [0.2, 0.25) is 0 Å². The van der Waals surface area contributed by atoms with E-state index in [1.807, 2.05) is 24.3 Å². The molecule has 2 aromatic carbocycles. The van der Waals surface area contributed by atoms with Crippen LogP contribution in [0.1, 0.15) is 6.92 Å². The van der Waals surface area contributed by atoms with E-state index >= 15 is 0 Å². The van der Waals surface area contributed by atoms with Gasteiger partial charge in [0.05, 0.1) is 10.7 Å². The quantitative estimate of drug-likeness (QED) is 0.793. The SMILES string of the molecule is CC1CN(C(=O)Nc2ccc(F)c(Cl)c2)c2ccccc2S1. The van der Waals surface area contributed by atoms with Crippen LogP contribution in [0.2, 0.25) is 5.02 Å². The molecule has 2 aromatic rings. The highest BCUT2D eigenvalue weighted by atomic mass is 35.5. The van der Waals surface area contributed by atoms with Gasteiger partial charge in [-0.2, -0.15) is 0 Å². The number of rotatable bonds is 1. The Balaban J connectivity index is 1.84. The van der Waals surface area contributed by atoms with E-state index < -0.39 is 5.82 Å². The summed E-state index contributed by atoms with van der Waals surface area (Å²) in [5.74, 6) is -0.506. The van der Waals surface area contributed by atoms with Gasteiger partial charge in [0.1, 0.15) is 5.82 Å². The van der Waals surface area contributed by atoms with Crippen LogP contribution in [0.25, 0.3) is 0 Å². The summed E-state index contributed by atoms with van der Waals surface area (Å²) in [6.45, 7) is 2.69. The minimum atomic E-state index is -0.506. The molecule has 1 N–H and O–H groups in total. The zero-order chi connectivity index (χ0) is 15.7. The first-order valence-electron chi connectivity index (χ1n) is 6.84. The lowest BCUT2D eigenvalue weighted by Gasteiger charge is -2.32. The maximum Gasteiger partial charge on any atom is 0.326 e. The van der Waals surface area contributed by atoms with Crippen LogP contribution in [-0.2, 0) is 0 Å². The summed E-state index contributed by atoms with van der Waals surface area (Å²) in [4.78, 5) is 15.3. The van der Waals surface area contributed by atoms with Gasteiger partial charge in [0, 0.05) is 22.4 Å². The number of anilines is 2. The van der Waals surface area contributed by atoms with Crippen molar-refractivity contribution in [1.29, 1.82) is 0 Å². The van der Waals surface area contributed by atoms with E-state index in [0.717, 1.165) is 10.6 Å². The highest BCUT2D eigenvalue weighted by Crippen LogP contribution is 2.38. The van der Waals surface area contributed by atoms with E-state index in [2.05, 4.69) is 12.2 Å². The summed E-state index contributed by atoms with van der Waals surface area (Å²) in [6, 6.07) is 11.7. The fraction of sp³-hybridized carbons (Fsp3) is 0.188. The van der Waals surface area contributed by atoms with E-state index in [9.17, 15) is 9.18 Å². The summed E-state index contributed by atoms with van der Waals surface area (Å²) in [5.41, 5.74) is 1.36. The molecular formula is C16H14ClFN2OS. The number of nitrogens with zero attached hydrogens (tertiary/aromatic N) is 1. The molecule has 6 heteroatoms. The Morgan fingerprint density at radius 2 is 2.14 bits per heavy atom. The van der Waals surface area contributed by atoms with Crippen molar-refractivity contribution in [3.05, 3.63) is 53.3 Å². The lowest BCUT2D eigenvalue weighted by atomic mass is 10.2. The fourth-order valence-corrected chi connectivity index (χ4v) is 3.64. The number of para-hydroxylation sites is 1. The predicted molar refractivity (Wildman–Crippen MR) is 89.5 cm³/mol. The predicted octanol–water partition coefficient (Wildman–Crippen LogP) is 5.01. The number of carbonyl (C=O) groups excluding carboxylic acids is 1. The van der Waals surface area contributed by atoms with Crippen LogP contribution in [0.15, 0.2) is 47.4 Å². The number of thioether (sulfide) groups is 1. The molecule has 2 amide bonds. The van der Waals surface area contributed by atoms with Gasteiger partial charge in [-0.15, -0.1) is 11.8 Å². The first-order valence-corrected chi connectivity index (χ1v) is 8.09. The summed E-state index contributed by atoms with van der Waals surface area (Å²) >= 11 is 7.50. The van der Waals surface area contributed by atoms with Gasteiger partial charge in [-0.1, -0.05) is 30.7 Å². The Kier molecular flexibility index (Phi) is 4.27. The number of hydrogen-bond donors (Lipinski definition) is 1. The van der Waals surface area contributed by atoms with Crippen LogP contribution in [0.3, 0.4) is 0 Å². The molecule has 1 atom stereocenters. The highest BCUT2D eigenvalue weighted by molar-refractivity contribution is 8.00. The molecule has 0 fully saturated rings. The molecule has 1 unspecified atom stereocenters. The minimum Gasteiger partial charge on any atom is -0.307 e. The summed E-state index contributed by atoms with van der Waals surface area (Å²) in [6.07, 6.45) is 0. The van der Waals surface area contributed by atoms with E-state index in [-0.39, 0.29) is 11.1 Å². The third-order valence-electron chi connectivity index (χ3n) is 3.34. The number of fused-ring (bicyclic) bond motifs is 1. The molecule has 0 saturated carbocycles. The molecule has 0 aromatic heterocycles. The number of halogens is 2. The molecule has 3 nitrogen and oxygen atoms in total. The highest BCUT2D eigenvalue weighted by Gasteiger charge is 2.26. The zero-order valence-electron chi connectivity index (χ0n) is 11.8. The molecule has 0 spiro atoms. The average Bonchev–Trinajstić information content (AvgIpc) is 2.50. The number of urea groups is 1. The Labute approximate surface area is 137 Å². The second kappa shape index (κ2) is 6.18. The Morgan fingerprint density at radius 3 is 2.91 bits per heavy atom. The Hall–Kier alpha value is -1.72. The molecule has 1 heterocycles. The maximum atomic E-state index is 13.2. The molecule has 0 radical (unpaired) electrons. The molecule has 0 bridgehead atoms. The number of carbonyl (C=O) groups is 1.